The van der Waals surface area contributed by atoms with Gasteiger partial charge in [0, 0.05) is 67.1 Å². The lowest BCUT2D eigenvalue weighted by Gasteiger charge is -2.34. The van der Waals surface area contributed by atoms with Crippen LogP contribution in [0.5, 0.6) is 11.6 Å². The molecule has 236 valence electrons. The van der Waals surface area contributed by atoms with Gasteiger partial charge in [0.1, 0.15) is 11.4 Å². The minimum absolute atomic E-state index is 0.00784. The number of carbonyl (C=O) groups is 1. The molecule has 4 aromatic rings. The third-order valence-electron chi connectivity index (χ3n) is 8.12. The molecule has 2 atom stereocenters. The molecule has 0 aliphatic carbocycles. The van der Waals surface area contributed by atoms with Crippen LogP contribution in [0.15, 0.2) is 60.9 Å². The Morgan fingerprint density at radius 3 is 2.76 bits per heavy atom. The first-order chi connectivity index (χ1) is 21.7. The first-order valence-corrected chi connectivity index (χ1v) is 15.8. The monoisotopic (exact) mass is 610 g/mol. The number of aromatic nitrogens is 3. The minimum atomic E-state index is -0.535. The van der Waals surface area contributed by atoms with Crippen molar-refractivity contribution in [3.63, 3.8) is 0 Å². The number of hydrogen-bond acceptors (Lipinski definition) is 9. The first kappa shape index (κ1) is 30.6. The zero-order valence-electron chi connectivity index (χ0n) is 26.5. The van der Waals surface area contributed by atoms with E-state index in [0.717, 1.165) is 72.4 Å². The second-order valence-electron chi connectivity index (χ2n) is 12.9. The van der Waals surface area contributed by atoms with Crippen LogP contribution >= 0.6 is 0 Å². The molecule has 0 bridgehead atoms. The number of piperidine rings is 1. The summed E-state index contributed by atoms with van der Waals surface area (Å²) in [6, 6.07) is 16.2. The number of amides is 1. The summed E-state index contributed by atoms with van der Waals surface area (Å²) in [6.45, 7) is 11.4. The van der Waals surface area contributed by atoms with Crippen molar-refractivity contribution in [3.05, 3.63) is 66.5 Å². The standard InChI is InChI=1S/C35H42N6O4/c1-23-12-13-26-27(9-5-11-29(26)38-20-24-15-19-43-22-24)31(23)44-32-28(10-6-16-36-32)30-14-17-37-33(40-30)39-25-8-7-18-41(21-25)34(42)45-35(2,3)4/h5-6,9-14,16-17,24-25,38H,7-8,15,18-22H2,1-4H3,(H,37,39,40). The van der Waals surface area contributed by atoms with Crippen LogP contribution in [-0.2, 0) is 9.47 Å². The molecule has 2 aliphatic rings. The van der Waals surface area contributed by atoms with Crippen LogP contribution in [0.2, 0.25) is 0 Å². The third kappa shape index (κ3) is 7.45. The molecule has 45 heavy (non-hydrogen) atoms. The van der Waals surface area contributed by atoms with Crippen molar-refractivity contribution >= 4 is 28.5 Å². The Hall–Kier alpha value is -4.44. The molecule has 2 saturated heterocycles. The normalized spacial score (nSPS) is 18.5. The number of nitrogens with one attached hydrogen (secondary N) is 2. The van der Waals surface area contributed by atoms with Crippen LogP contribution in [-0.4, -0.2) is 70.4 Å². The van der Waals surface area contributed by atoms with E-state index in [9.17, 15) is 4.79 Å². The fourth-order valence-corrected chi connectivity index (χ4v) is 5.84. The molecule has 0 saturated carbocycles. The fourth-order valence-electron chi connectivity index (χ4n) is 5.84. The molecule has 2 aliphatic heterocycles. The van der Waals surface area contributed by atoms with E-state index < -0.39 is 5.60 Å². The van der Waals surface area contributed by atoms with E-state index in [-0.39, 0.29) is 12.1 Å². The molecule has 2 aromatic heterocycles. The van der Waals surface area contributed by atoms with Crippen LogP contribution in [0, 0.1) is 12.8 Å². The number of fused-ring (bicyclic) bond motifs is 1. The lowest BCUT2D eigenvalue weighted by atomic mass is 10.0. The summed E-state index contributed by atoms with van der Waals surface area (Å²) in [5.74, 6) is 2.24. The summed E-state index contributed by atoms with van der Waals surface area (Å²) in [6.07, 6.45) is 6.01. The van der Waals surface area contributed by atoms with Gasteiger partial charge in [0.25, 0.3) is 0 Å². The second-order valence-corrected chi connectivity index (χ2v) is 12.9. The Morgan fingerprint density at radius 1 is 1.04 bits per heavy atom. The van der Waals surface area contributed by atoms with Gasteiger partial charge in [-0.15, -0.1) is 0 Å². The van der Waals surface area contributed by atoms with Gasteiger partial charge in [-0.25, -0.2) is 19.7 Å². The van der Waals surface area contributed by atoms with Crippen molar-refractivity contribution in [1.29, 1.82) is 0 Å². The summed E-state index contributed by atoms with van der Waals surface area (Å²) >= 11 is 0. The summed E-state index contributed by atoms with van der Waals surface area (Å²) in [5.41, 5.74) is 3.00. The van der Waals surface area contributed by atoms with Crippen LogP contribution in [0.1, 0.15) is 45.6 Å². The van der Waals surface area contributed by atoms with Crippen LogP contribution in [0.25, 0.3) is 22.0 Å². The van der Waals surface area contributed by atoms with Crippen molar-refractivity contribution in [2.24, 2.45) is 5.92 Å². The molecule has 1 amide bonds. The zero-order valence-corrected chi connectivity index (χ0v) is 26.5. The summed E-state index contributed by atoms with van der Waals surface area (Å²) < 4.78 is 17.8. The zero-order chi connectivity index (χ0) is 31.4. The molecule has 2 unspecified atom stereocenters. The van der Waals surface area contributed by atoms with Crippen LogP contribution in [0.4, 0.5) is 16.4 Å². The van der Waals surface area contributed by atoms with Gasteiger partial charge in [-0.2, -0.15) is 0 Å². The average Bonchev–Trinajstić information content (AvgIpc) is 3.55. The molecule has 10 nitrogen and oxygen atoms in total. The van der Waals surface area contributed by atoms with E-state index in [1.165, 1.54) is 0 Å². The quantitative estimate of drug-likeness (QED) is 0.217. The third-order valence-corrected chi connectivity index (χ3v) is 8.12. The number of carbonyl (C=O) groups excluding carboxylic acids is 1. The highest BCUT2D eigenvalue weighted by Gasteiger charge is 2.28. The topological polar surface area (TPSA) is 111 Å². The van der Waals surface area contributed by atoms with Crippen molar-refractivity contribution in [1.82, 2.24) is 19.9 Å². The Balaban J connectivity index is 1.21. The number of pyridine rings is 1. The Kier molecular flexibility index (Phi) is 9.02. The van der Waals surface area contributed by atoms with Crippen molar-refractivity contribution in [2.45, 2.75) is 58.6 Å². The molecule has 2 fully saturated rings. The lowest BCUT2D eigenvalue weighted by molar-refractivity contribution is 0.0206. The highest BCUT2D eigenvalue weighted by molar-refractivity contribution is 5.98. The van der Waals surface area contributed by atoms with Crippen molar-refractivity contribution in [3.8, 4) is 22.9 Å². The van der Waals surface area contributed by atoms with Crippen molar-refractivity contribution < 1.29 is 19.0 Å². The molecule has 0 radical (unpaired) electrons. The average molecular weight is 611 g/mol. The van der Waals surface area contributed by atoms with E-state index in [0.29, 0.717) is 36.5 Å². The number of anilines is 2. The molecular weight excluding hydrogens is 568 g/mol. The van der Waals surface area contributed by atoms with Crippen LogP contribution in [0.3, 0.4) is 0 Å². The van der Waals surface area contributed by atoms with Gasteiger partial charge in [-0.1, -0.05) is 24.3 Å². The fraction of sp³-hybridized carbons (Fsp3) is 0.429. The molecular formula is C35H42N6O4. The number of nitrogens with zero attached hydrogens (tertiary/aromatic N) is 4. The molecule has 2 N–H and O–H groups in total. The number of ether oxygens (including phenoxy) is 3. The number of benzene rings is 2. The number of likely N-dealkylation sites (tertiary alicyclic amines) is 1. The van der Waals surface area contributed by atoms with E-state index in [4.69, 9.17) is 19.2 Å². The lowest BCUT2D eigenvalue weighted by Crippen LogP contribution is -2.47. The van der Waals surface area contributed by atoms with Crippen LogP contribution < -0.4 is 15.4 Å². The Labute approximate surface area is 264 Å². The Bertz CT molecular complexity index is 1650. The minimum Gasteiger partial charge on any atom is -0.444 e. The van der Waals surface area contributed by atoms with E-state index in [2.05, 4.69) is 50.9 Å². The SMILES string of the molecule is Cc1ccc2c(NCC3CCOC3)cccc2c1Oc1ncccc1-c1ccnc(NC2CCCN(C(=O)OC(C)(C)C)C2)n1. The molecule has 4 heterocycles. The predicted octanol–water partition coefficient (Wildman–Crippen LogP) is 7.05. The van der Waals surface area contributed by atoms with Gasteiger partial charge in [0.05, 0.1) is 17.9 Å². The number of rotatable bonds is 8. The molecule has 2 aromatic carbocycles. The highest BCUT2D eigenvalue weighted by atomic mass is 16.6. The highest BCUT2D eigenvalue weighted by Crippen LogP contribution is 2.38. The van der Waals surface area contributed by atoms with Gasteiger partial charge in [-0.3, -0.25) is 0 Å². The summed E-state index contributed by atoms with van der Waals surface area (Å²) in [4.78, 5) is 28.3. The second kappa shape index (κ2) is 13.3. The molecule has 6 rings (SSSR count). The van der Waals surface area contributed by atoms with Gasteiger partial charge in [0.15, 0.2) is 0 Å². The maximum atomic E-state index is 12.7. The summed E-state index contributed by atoms with van der Waals surface area (Å²) in [7, 11) is 0. The predicted molar refractivity (Wildman–Crippen MR) is 176 cm³/mol. The summed E-state index contributed by atoms with van der Waals surface area (Å²) in [5, 5.41) is 9.17. The van der Waals surface area contributed by atoms with Crippen molar-refractivity contribution in [2.75, 3.05) is 43.5 Å². The van der Waals surface area contributed by atoms with Gasteiger partial charge in [-0.05, 0) is 76.8 Å². The van der Waals surface area contributed by atoms with E-state index >= 15 is 0 Å². The number of aryl methyl sites for hydroxylation is 1. The molecule has 0 spiro atoms. The van der Waals surface area contributed by atoms with Gasteiger partial charge >= 0.3 is 6.09 Å². The maximum absolute atomic E-state index is 12.7. The Morgan fingerprint density at radius 2 is 1.93 bits per heavy atom. The van der Waals surface area contributed by atoms with Gasteiger partial charge in [0.2, 0.25) is 11.8 Å². The van der Waals surface area contributed by atoms with Gasteiger partial charge < -0.3 is 29.7 Å². The maximum Gasteiger partial charge on any atom is 0.410 e. The largest absolute Gasteiger partial charge is 0.444 e. The van der Waals surface area contributed by atoms with E-state index in [1.54, 1.807) is 17.3 Å². The smallest absolute Gasteiger partial charge is 0.410 e. The first-order valence-electron chi connectivity index (χ1n) is 15.8. The number of hydrogen-bond donors (Lipinski definition) is 2. The van der Waals surface area contributed by atoms with E-state index in [1.807, 2.05) is 45.9 Å². The molecule has 10 heteroatoms.